The van der Waals surface area contributed by atoms with Gasteiger partial charge in [-0.05, 0) is 49.6 Å². The van der Waals surface area contributed by atoms with Crippen LogP contribution in [0.5, 0.6) is 0 Å². The average Bonchev–Trinajstić information content (AvgIpc) is 3.29. The zero-order valence-corrected chi connectivity index (χ0v) is 16.1. The maximum atomic E-state index is 13.5. The van der Waals surface area contributed by atoms with Gasteiger partial charge in [0.05, 0.1) is 5.69 Å². The summed E-state index contributed by atoms with van der Waals surface area (Å²) < 4.78 is 20.7. The number of aryl methyl sites for hydroxylation is 3. The SMILES string of the molecule is Cc1nnc(C2CCN(C(=O)c3cc(-c4ccc(F)c(C)c4)n(C)n3)CC2)o1. The molecule has 1 aromatic carbocycles. The predicted octanol–water partition coefficient (Wildman–Crippen LogP) is 3.25. The number of piperidine rings is 1. The summed E-state index contributed by atoms with van der Waals surface area (Å²) in [6, 6.07) is 6.66. The molecule has 0 radical (unpaired) electrons. The molecule has 0 unspecified atom stereocenters. The number of nitrogens with zero attached hydrogens (tertiary/aromatic N) is 5. The Labute approximate surface area is 162 Å². The van der Waals surface area contributed by atoms with Gasteiger partial charge in [0.25, 0.3) is 5.91 Å². The molecule has 1 amide bonds. The van der Waals surface area contributed by atoms with Crippen molar-refractivity contribution in [3.63, 3.8) is 0 Å². The molecule has 0 aliphatic carbocycles. The Balaban J connectivity index is 1.48. The van der Waals surface area contributed by atoms with E-state index in [4.69, 9.17) is 4.42 Å². The molecule has 0 atom stereocenters. The summed E-state index contributed by atoms with van der Waals surface area (Å²) in [7, 11) is 1.79. The lowest BCUT2D eigenvalue weighted by Gasteiger charge is -2.29. The molecule has 1 fully saturated rings. The van der Waals surface area contributed by atoms with Crippen LogP contribution in [0.4, 0.5) is 4.39 Å². The van der Waals surface area contributed by atoms with Gasteiger partial charge in [-0.1, -0.05) is 0 Å². The zero-order valence-electron chi connectivity index (χ0n) is 16.1. The van der Waals surface area contributed by atoms with Gasteiger partial charge >= 0.3 is 0 Å². The molecule has 1 saturated heterocycles. The first kappa shape index (κ1) is 18.3. The van der Waals surface area contributed by atoms with Gasteiger partial charge in [0, 0.05) is 38.5 Å². The second-order valence-electron chi connectivity index (χ2n) is 7.23. The first-order valence-corrected chi connectivity index (χ1v) is 9.32. The Morgan fingerprint density at radius 1 is 1.18 bits per heavy atom. The van der Waals surface area contributed by atoms with Gasteiger partial charge in [0.1, 0.15) is 5.82 Å². The molecule has 146 valence electrons. The van der Waals surface area contributed by atoms with E-state index in [1.54, 1.807) is 43.8 Å². The van der Waals surface area contributed by atoms with Crippen molar-refractivity contribution in [3.8, 4) is 11.3 Å². The molecular formula is C20H22FN5O2. The van der Waals surface area contributed by atoms with Crippen molar-refractivity contribution in [2.24, 2.45) is 7.05 Å². The average molecular weight is 383 g/mol. The molecule has 0 saturated carbocycles. The number of carbonyl (C=O) groups excluding carboxylic acids is 1. The quantitative estimate of drug-likeness (QED) is 0.694. The third-order valence-corrected chi connectivity index (χ3v) is 5.23. The molecule has 2 aromatic heterocycles. The summed E-state index contributed by atoms with van der Waals surface area (Å²) >= 11 is 0. The van der Waals surface area contributed by atoms with Crippen molar-refractivity contribution < 1.29 is 13.6 Å². The number of aromatic nitrogens is 4. The number of rotatable bonds is 3. The van der Waals surface area contributed by atoms with Crippen LogP contribution >= 0.6 is 0 Å². The van der Waals surface area contributed by atoms with Crippen molar-refractivity contribution in [2.75, 3.05) is 13.1 Å². The summed E-state index contributed by atoms with van der Waals surface area (Å²) in [5.41, 5.74) is 2.57. The molecule has 3 aromatic rings. The van der Waals surface area contributed by atoms with Crippen LogP contribution in [0.1, 0.15) is 46.6 Å². The number of benzene rings is 1. The van der Waals surface area contributed by atoms with E-state index >= 15 is 0 Å². The molecule has 4 rings (SSSR count). The maximum absolute atomic E-state index is 13.5. The monoisotopic (exact) mass is 383 g/mol. The lowest BCUT2D eigenvalue weighted by Crippen LogP contribution is -2.38. The Hall–Kier alpha value is -3.03. The number of likely N-dealkylation sites (tertiary alicyclic amines) is 1. The van der Waals surface area contributed by atoms with E-state index in [2.05, 4.69) is 15.3 Å². The summed E-state index contributed by atoms with van der Waals surface area (Å²) in [5.74, 6) is 1.05. The molecule has 3 heterocycles. The van der Waals surface area contributed by atoms with E-state index in [1.807, 2.05) is 4.90 Å². The third-order valence-electron chi connectivity index (χ3n) is 5.23. The minimum Gasteiger partial charge on any atom is -0.425 e. The van der Waals surface area contributed by atoms with E-state index in [9.17, 15) is 9.18 Å². The van der Waals surface area contributed by atoms with Crippen LogP contribution in [0.2, 0.25) is 0 Å². The minimum atomic E-state index is -0.249. The summed E-state index contributed by atoms with van der Waals surface area (Å²) in [6.07, 6.45) is 1.56. The first-order chi connectivity index (χ1) is 13.4. The van der Waals surface area contributed by atoms with Crippen LogP contribution < -0.4 is 0 Å². The molecule has 0 N–H and O–H groups in total. The van der Waals surface area contributed by atoms with Crippen LogP contribution in [0.3, 0.4) is 0 Å². The van der Waals surface area contributed by atoms with Crippen LogP contribution in [0.25, 0.3) is 11.3 Å². The number of carbonyl (C=O) groups is 1. The minimum absolute atomic E-state index is 0.0964. The molecule has 28 heavy (non-hydrogen) atoms. The first-order valence-electron chi connectivity index (χ1n) is 9.32. The number of hydrogen-bond donors (Lipinski definition) is 0. The van der Waals surface area contributed by atoms with Gasteiger partial charge < -0.3 is 9.32 Å². The van der Waals surface area contributed by atoms with Gasteiger partial charge in [-0.2, -0.15) is 5.10 Å². The fourth-order valence-corrected chi connectivity index (χ4v) is 3.61. The van der Waals surface area contributed by atoms with Gasteiger partial charge in [-0.15, -0.1) is 10.2 Å². The lowest BCUT2D eigenvalue weighted by molar-refractivity contribution is 0.0699. The Morgan fingerprint density at radius 3 is 2.57 bits per heavy atom. The molecule has 7 nitrogen and oxygen atoms in total. The standard InChI is InChI=1S/C20H22FN5O2/c1-12-10-15(4-5-16(12)21)18-11-17(24-25(18)3)20(27)26-8-6-14(7-9-26)19-23-22-13(2)28-19/h4-5,10-11,14H,6-9H2,1-3H3. The zero-order chi connectivity index (χ0) is 19.8. The number of amides is 1. The van der Waals surface area contributed by atoms with E-state index in [0.29, 0.717) is 36.1 Å². The fraction of sp³-hybridized carbons (Fsp3) is 0.400. The van der Waals surface area contributed by atoms with E-state index in [1.165, 1.54) is 6.07 Å². The number of hydrogen-bond acceptors (Lipinski definition) is 5. The Morgan fingerprint density at radius 2 is 1.93 bits per heavy atom. The van der Waals surface area contributed by atoms with Gasteiger partial charge in [-0.3, -0.25) is 9.48 Å². The second kappa shape index (κ2) is 7.18. The van der Waals surface area contributed by atoms with E-state index in [-0.39, 0.29) is 17.6 Å². The van der Waals surface area contributed by atoms with Crippen molar-refractivity contribution in [3.05, 3.63) is 53.1 Å². The highest BCUT2D eigenvalue weighted by molar-refractivity contribution is 5.93. The largest absolute Gasteiger partial charge is 0.425 e. The van der Waals surface area contributed by atoms with Crippen LogP contribution in [-0.4, -0.2) is 43.9 Å². The van der Waals surface area contributed by atoms with E-state index in [0.717, 1.165) is 24.1 Å². The van der Waals surface area contributed by atoms with Gasteiger partial charge in [0.2, 0.25) is 11.8 Å². The summed E-state index contributed by atoms with van der Waals surface area (Å²) in [5, 5.41) is 12.4. The van der Waals surface area contributed by atoms with Crippen molar-refractivity contribution in [1.29, 1.82) is 0 Å². The predicted molar refractivity (Wildman–Crippen MR) is 100 cm³/mol. The molecule has 1 aliphatic rings. The topological polar surface area (TPSA) is 77.1 Å². The Bertz CT molecular complexity index is 1020. The lowest BCUT2D eigenvalue weighted by atomic mass is 9.96. The van der Waals surface area contributed by atoms with Gasteiger partial charge in [-0.25, -0.2) is 4.39 Å². The molecule has 8 heteroatoms. The van der Waals surface area contributed by atoms with E-state index < -0.39 is 0 Å². The highest BCUT2D eigenvalue weighted by Crippen LogP contribution is 2.28. The fourth-order valence-electron chi connectivity index (χ4n) is 3.61. The third kappa shape index (κ3) is 3.42. The van der Waals surface area contributed by atoms with Crippen LogP contribution in [0, 0.1) is 19.7 Å². The molecular weight excluding hydrogens is 361 g/mol. The van der Waals surface area contributed by atoms with Crippen molar-refractivity contribution in [1.82, 2.24) is 24.9 Å². The molecule has 0 bridgehead atoms. The summed E-state index contributed by atoms with van der Waals surface area (Å²) in [4.78, 5) is 14.7. The highest BCUT2D eigenvalue weighted by atomic mass is 19.1. The highest BCUT2D eigenvalue weighted by Gasteiger charge is 2.29. The second-order valence-corrected chi connectivity index (χ2v) is 7.23. The van der Waals surface area contributed by atoms with Crippen molar-refractivity contribution in [2.45, 2.75) is 32.6 Å². The normalized spacial score (nSPS) is 15.2. The number of halogens is 1. The van der Waals surface area contributed by atoms with Crippen molar-refractivity contribution >= 4 is 5.91 Å². The summed E-state index contributed by atoms with van der Waals surface area (Å²) in [6.45, 7) is 4.73. The molecule has 0 spiro atoms. The maximum Gasteiger partial charge on any atom is 0.274 e. The van der Waals surface area contributed by atoms with Gasteiger partial charge in [0.15, 0.2) is 5.69 Å². The smallest absolute Gasteiger partial charge is 0.274 e. The Kier molecular flexibility index (Phi) is 4.70. The van der Waals surface area contributed by atoms with Crippen LogP contribution in [0.15, 0.2) is 28.7 Å². The van der Waals surface area contributed by atoms with Crippen LogP contribution in [-0.2, 0) is 7.05 Å². The molecule has 1 aliphatic heterocycles.